The lowest BCUT2D eigenvalue weighted by Crippen LogP contribution is -2.47. The highest BCUT2D eigenvalue weighted by Gasteiger charge is 2.41. The summed E-state index contributed by atoms with van der Waals surface area (Å²) < 4.78 is 16.4. The summed E-state index contributed by atoms with van der Waals surface area (Å²) in [7, 11) is 0. The molecule has 7 heteroatoms. The number of ether oxygens (including phenoxy) is 3. The van der Waals surface area contributed by atoms with Crippen molar-refractivity contribution in [3.05, 3.63) is 0 Å². The van der Waals surface area contributed by atoms with Crippen LogP contribution in [-0.4, -0.2) is 55.3 Å². The first kappa shape index (κ1) is 19.3. The molecule has 3 aliphatic rings. The summed E-state index contributed by atoms with van der Waals surface area (Å²) in [6.07, 6.45) is 7.06. The lowest BCUT2D eigenvalue weighted by Gasteiger charge is -2.37. The van der Waals surface area contributed by atoms with Crippen LogP contribution < -0.4 is 0 Å². The number of hydrogen-bond donors (Lipinski definition) is 0. The fourth-order valence-corrected chi connectivity index (χ4v) is 4.05. The Kier molecular flexibility index (Phi) is 7.02. The van der Waals surface area contributed by atoms with Crippen LogP contribution in [0.25, 0.3) is 0 Å². The van der Waals surface area contributed by atoms with Crippen LogP contribution >= 0.6 is 0 Å². The lowest BCUT2D eigenvalue weighted by molar-refractivity contribution is -0.167. The number of nitrogens with zero attached hydrogens (tertiary/aromatic N) is 2. The second kappa shape index (κ2) is 9.46. The minimum absolute atomic E-state index is 0.0816. The van der Waals surface area contributed by atoms with Gasteiger partial charge in [0.25, 0.3) is 0 Å². The fraction of sp³-hybridized carbons (Fsp3) is 0.842. The first-order valence-corrected chi connectivity index (χ1v) is 9.96. The van der Waals surface area contributed by atoms with E-state index in [-0.39, 0.29) is 36.4 Å². The van der Waals surface area contributed by atoms with Crippen molar-refractivity contribution in [2.45, 2.75) is 64.6 Å². The lowest BCUT2D eigenvalue weighted by atomic mass is 9.75. The Hall–Kier alpha value is -1.47. The zero-order valence-electron chi connectivity index (χ0n) is 15.7. The Morgan fingerprint density at radius 1 is 1.27 bits per heavy atom. The molecule has 2 heterocycles. The zero-order valence-corrected chi connectivity index (χ0v) is 15.7. The summed E-state index contributed by atoms with van der Waals surface area (Å²) >= 11 is 0. The monoisotopic (exact) mass is 366 g/mol. The molecule has 0 bridgehead atoms. The Labute approximate surface area is 155 Å². The molecule has 0 radical (unpaired) electrons. The molecular weight excluding hydrogens is 336 g/mol. The molecule has 26 heavy (non-hydrogen) atoms. The Bertz CT molecular complexity index is 530. The van der Waals surface area contributed by atoms with E-state index in [0.717, 1.165) is 57.3 Å². The van der Waals surface area contributed by atoms with E-state index >= 15 is 0 Å². The molecule has 0 aromatic carbocycles. The standard InChI is InChI=1S/C19H30N2O5/c1-2-24-17(22)13-15-14-7-3-4-8-16(14)20-21(19(15)23)10-12-26-18-9-5-6-11-25-18/h14-15,18H,2-13H2,1H3. The molecule has 3 unspecified atom stereocenters. The molecule has 1 saturated heterocycles. The Balaban J connectivity index is 1.60. The SMILES string of the molecule is CCOC(=O)CC1C(=O)N(CCOC2CCCCO2)N=C2CCCCC21. The molecule has 146 valence electrons. The van der Waals surface area contributed by atoms with Crippen LogP contribution in [0.3, 0.4) is 0 Å². The van der Waals surface area contributed by atoms with Gasteiger partial charge in [-0.1, -0.05) is 6.42 Å². The third-order valence-electron chi connectivity index (χ3n) is 5.37. The predicted molar refractivity (Wildman–Crippen MR) is 95.4 cm³/mol. The average Bonchev–Trinajstić information content (AvgIpc) is 2.66. The van der Waals surface area contributed by atoms with E-state index in [1.807, 2.05) is 0 Å². The van der Waals surface area contributed by atoms with Crippen LogP contribution in [0.4, 0.5) is 0 Å². The van der Waals surface area contributed by atoms with Crippen molar-refractivity contribution >= 4 is 17.6 Å². The number of amides is 1. The zero-order chi connectivity index (χ0) is 18.4. The molecule has 2 aliphatic heterocycles. The van der Waals surface area contributed by atoms with Crippen LogP contribution in [0.5, 0.6) is 0 Å². The van der Waals surface area contributed by atoms with E-state index in [4.69, 9.17) is 14.2 Å². The summed E-state index contributed by atoms with van der Waals surface area (Å²) in [5, 5.41) is 6.10. The van der Waals surface area contributed by atoms with Gasteiger partial charge in [0.15, 0.2) is 6.29 Å². The van der Waals surface area contributed by atoms with Crippen LogP contribution in [0.2, 0.25) is 0 Å². The molecular formula is C19H30N2O5. The molecule has 0 N–H and O–H groups in total. The maximum atomic E-state index is 12.9. The second-order valence-electron chi connectivity index (χ2n) is 7.19. The number of fused-ring (bicyclic) bond motifs is 1. The highest BCUT2D eigenvalue weighted by molar-refractivity contribution is 5.97. The molecule has 2 fully saturated rings. The largest absolute Gasteiger partial charge is 0.466 e. The summed E-state index contributed by atoms with van der Waals surface area (Å²) in [6.45, 7) is 3.65. The highest BCUT2D eigenvalue weighted by atomic mass is 16.7. The Morgan fingerprint density at radius 3 is 2.88 bits per heavy atom. The molecule has 1 saturated carbocycles. The fourth-order valence-electron chi connectivity index (χ4n) is 4.05. The van der Waals surface area contributed by atoms with E-state index in [9.17, 15) is 9.59 Å². The van der Waals surface area contributed by atoms with Crippen molar-refractivity contribution in [2.75, 3.05) is 26.4 Å². The first-order valence-electron chi connectivity index (χ1n) is 9.96. The van der Waals surface area contributed by atoms with Crippen molar-refractivity contribution < 1.29 is 23.8 Å². The molecule has 0 aromatic heterocycles. The first-order chi connectivity index (χ1) is 12.7. The predicted octanol–water partition coefficient (Wildman–Crippen LogP) is 2.49. The highest BCUT2D eigenvalue weighted by Crippen LogP contribution is 2.35. The molecule has 0 aromatic rings. The van der Waals surface area contributed by atoms with Gasteiger partial charge in [0.05, 0.1) is 32.1 Å². The van der Waals surface area contributed by atoms with E-state index in [1.165, 1.54) is 5.01 Å². The van der Waals surface area contributed by atoms with Crippen molar-refractivity contribution in [3.8, 4) is 0 Å². The van der Waals surface area contributed by atoms with Gasteiger partial charge in [-0.25, -0.2) is 5.01 Å². The van der Waals surface area contributed by atoms with Gasteiger partial charge >= 0.3 is 5.97 Å². The van der Waals surface area contributed by atoms with E-state index < -0.39 is 0 Å². The van der Waals surface area contributed by atoms with Gasteiger partial charge in [0.1, 0.15) is 0 Å². The Morgan fingerprint density at radius 2 is 2.12 bits per heavy atom. The minimum atomic E-state index is -0.354. The van der Waals surface area contributed by atoms with Gasteiger partial charge < -0.3 is 14.2 Å². The summed E-state index contributed by atoms with van der Waals surface area (Å²) in [4.78, 5) is 24.9. The molecule has 3 atom stereocenters. The number of hydrazone groups is 1. The third-order valence-corrected chi connectivity index (χ3v) is 5.37. The normalized spacial score (nSPS) is 29.1. The van der Waals surface area contributed by atoms with Gasteiger partial charge in [0, 0.05) is 18.2 Å². The summed E-state index contributed by atoms with van der Waals surface area (Å²) in [6, 6.07) is 0. The smallest absolute Gasteiger partial charge is 0.306 e. The van der Waals surface area contributed by atoms with Crippen molar-refractivity contribution in [1.82, 2.24) is 5.01 Å². The maximum absolute atomic E-state index is 12.9. The maximum Gasteiger partial charge on any atom is 0.306 e. The van der Waals surface area contributed by atoms with E-state index in [1.54, 1.807) is 6.92 Å². The van der Waals surface area contributed by atoms with Crippen molar-refractivity contribution in [3.63, 3.8) is 0 Å². The van der Waals surface area contributed by atoms with Crippen molar-refractivity contribution in [2.24, 2.45) is 16.9 Å². The number of hydrogen-bond acceptors (Lipinski definition) is 6. The van der Waals surface area contributed by atoms with Gasteiger partial charge in [-0.15, -0.1) is 0 Å². The molecule has 1 aliphatic carbocycles. The number of rotatable bonds is 7. The van der Waals surface area contributed by atoms with Crippen LogP contribution in [0.15, 0.2) is 5.10 Å². The molecule has 7 nitrogen and oxygen atoms in total. The number of esters is 1. The van der Waals surface area contributed by atoms with Gasteiger partial charge in [-0.3, -0.25) is 9.59 Å². The summed E-state index contributed by atoms with van der Waals surface area (Å²) in [5.74, 6) is -0.654. The third kappa shape index (κ3) is 4.82. The minimum Gasteiger partial charge on any atom is -0.466 e. The second-order valence-corrected chi connectivity index (χ2v) is 7.19. The quantitative estimate of drug-likeness (QED) is 0.647. The topological polar surface area (TPSA) is 77.4 Å². The number of carbonyl (C=O) groups is 2. The van der Waals surface area contributed by atoms with Crippen LogP contribution in [0, 0.1) is 11.8 Å². The van der Waals surface area contributed by atoms with Gasteiger partial charge in [0.2, 0.25) is 5.91 Å². The molecule has 1 amide bonds. The van der Waals surface area contributed by atoms with Crippen LogP contribution in [-0.2, 0) is 23.8 Å². The molecule has 3 rings (SSSR count). The van der Waals surface area contributed by atoms with Gasteiger partial charge in [-0.2, -0.15) is 5.10 Å². The molecule has 0 spiro atoms. The van der Waals surface area contributed by atoms with Crippen LogP contribution in [0.1, 0.15) is 58.3 Å². The summed E-state index contributed by atoms with van der Waals surface area (Å²) in [5.41, 5.74) is 1.05. The van der Waals surface area contributed by atoms with Gasteiger partial charge in [-0.05, 0) is 45.4 Å². The number of carbonyl (C=O) groups excluding carboxylic acids is 2. The van der Waals surface area contributed by atoms with E-state index in [0.29, 0.717) is 19.8 Å². The van der Waals surface area contributed by atoms with E-state index in [2.05, 4.69) is 5.10 Å². The average molecular weight is 366 g/mol. The van der Waals surface area contributed by atoms with Crippen molar-refractivity contribution in [1.29, 1.82) is 0 Å².